The number of rotatable bonds is 2. The third-order valence-electron chi connectivity index (χ3n) is 2.28. The molecule has 0 radical (unpaired) electrons. The summed E-state index contributed by atoms with van der Waals surface area (Å²) in [5.74, 6) is 4.76. The summed E-state index contributed by atoms with van der Waals surface area (Å²) in [5.41, 5.74) is 1.42. The molecule has 1 rings (SSSR count). The van der Waals surface area contributed by atoms with E-state index in [-0.39, 0.29) is 12.5 Å². The molecular weight excluding hydrogens is 170 g/mol. The summed E-state index contributed by atoms with van der Waals surface area (Å²) in [4.78, 5) is 12.8. The number of carbonyl (C=O) groups is 1. The number of likely N-dealkylation sites (tertiary alicyclic amines) is 1. The van der Waals surface area contributed by atoms with Gasteiger partial charge in [0.05, 0.1) is 12.1 Å². The van der Waals surface area contributed by atoms with Crippen LogP contribution in [0.25, 0.3) is 0 Å². The van der Waals surface area contributed by atoms with Crippen molar-refractivity contribution in [3.63, 3.8) is 0 Å². The third-order valence-corrected chi connectivity index (χ3v) is 2.28. The normalized spacial score (nSPS) is 30.1. The first-order valence-electron chi connectivity index (χ1n) is 4.48. The van der Waals surface area contributed by atoms with E-state index in [4.69, 9.17) is 5.84 Å². The van der Waals surface area contributed by atoms with E-state index in [9.17, 15) is 9.90 Å². The van der Waals surface area contributed by atoms with Crippen molar-refractivity contribution in [3.05, 3.63) is 0 Å². The Hall–Kier alpha value is -0.650. The third kappa shape index (κ3) is 3.30. The fourth-order valence-corrected chi connectivity index (χ4v) is 1.71. The van der Waals surface area contributed by atoms with Crippen molar-refractivity contribution in [2.75, 3.05) is 19.6 Å². The van der Waals surface area contributed by atoms with E-state index in [1.165, 1.54) is 0 Å². The van der Waals surface area contributed by atoms with Crippen LogP contribution in [0.1, 0.15) is 19.8 Å². The summed E-state index contributed by atoms with van der Waals surface area (Å²) in [6.45, 7) is 3.45. The number of hydrazine groups is 1. The lowest BCUT2D eigenvalue weighted by molar-refractivity contribution is -0.123. The Bertz CT molecular complexity index is 194. The summed E-state index contributed by atoms with van der Waals surface area (Å²) >= 11 is 0. The molecule has 1 aliphatic rings. The topological polar surface area (TPSA) is 78.6 Å². The van der Waals surface area contributed by atoms with Gasteiger partial charge in [-0.25, -0.2) is 5.84 Å². The molecule has 0 saturated carbocycles. The van der Waals surface area contributed by atoms with E-state index in [1.54, 1.807) is 6.92 Å². The van der Waals surface area contributed by atoms with E-state index in [1.807, 2.05) is 4.90 Å². The highest BCUT2D eigenvalue weighted by Crippen LogP contribution is 2.19. The molecule has 0 aromatic carbocycles. The van der Waals surface area contributed by atoms with Crippen LogP contribution in [0.3, 0.4) is 0 Å². The fourth-order valence-electron chi connectivity index (χ4n) is 1.71. The van der Waals surface area contributed by atoms with Crippen molar-refractivity contribution < 1.29 is 9.90 Å². The van der Waals surface area contributed by atoms with E-state index in [2.05, 4.69) is 5.43 Å². The van der Waals surface area contributed by atoms with Crippen LogP contribution in [0.2, 0.25) is 0 Å². The van der Waals surface area contributed by atoms with Gasteiger partial charge in [-0.15, -0.1) is 0 Å². The number of nitrogens with two attached hydrogens (primary N) is 1. The zero-order valence-corrected chi connectivity index (χ0v) is 7.92. The molecule has 1 fully saturated rings. The SMILES string of the molecule is CC1(O)CCCN(CC(=O)NN)C1. The van der Waals surface area contributed by atoms with Crippen LogP contribution in [-0.4, -0.2) is 41.1 Å². The first-order chi connectivity index (χ1) is 6.03. The summed E-state index contributed by atoms with van der Waals surface area (Å²) in [7, 11) is 0. The van der Waals surface area contributed by atoms with Gasteiger partial charge in [0, 0.05) is 6.54 Å². The number of hydrogen-bond donors (Lipinski definition) is 3. The Labute approximate surface area is 77.9 Å². The minimum absolute atomic E-state index is 0.210. The number of nitrogens with zero attached hydrogens (tertiary/aromatic N) is 1. The highest BCUT2D eigenvalue weighted by atomic mass is 16.3. The van der Waals surface area contributed by atoms with E-state index in [0.29, 0.717) is 6.54 Å². The molecule has 0 bridgehead atoms. The number of carbonyl (C=O) groups excluding carboxylic acids is 1. The monoisotopic (exact) mass is 187 g/mol. The highest BCUT2D eigenvalue weighted by molar-refractivity contribution is 5.77. The van der Waals surface area contributed by atoms with Gasteiger partial charge in [0.15, 0.2) is 0 Å². The van der Waals surface area contributed by atoms with E-state index < -0.39 is 5.60 Å². The first-order valence-corrected chi connectivity index (χ1v) is 4.48. The van der Waals surface area contributed by atoms with Crippen LogP contribution >= 0.6 is 0 Å². The fraction of sp³-hybridized carbons (Fsp3) is 0.875. The van der Waals surface area contributed by atoms with Crippen molar-refractivity contribution in [2.45, 2.75) is 25.4 Å². The predicted molar refractivity (Wildman–Crippen MR) is 48.6 cm³/mol. The molecule has 1 heterocycles. The second kappa shape index (κ2) is 4.04. The first kappa shape index (κ1) is 10.4. The minimum atomic E-state index is -0.660. The van der Waals surface area contributed by atoms with Crippen LogP contribution in [0.15, 0.2) is 0 Å². The largest absolute Gasteiger partial charge is 0.389 e. The Morgan fingerprint density at radius 1 is 1.77 bits per heavy atom. The van der Waals surface area contributed by atoms with Crippen LogP contribution in [-0.2, 0) is 4.79 Å². The maximum atomic E-state index is 10.9. The molecular formula is C8H17N3O2. The zero-order valence-electron chi connectivity index (χ0n) is 7.92. The molecule has 0 aromatic rings. The molecule has 1 unspecified atom stereocenters. The van der Waals surface area contributed by atoms with Gasteiger partial charge >= 0.3 is 0 Å². The highest BCUT2D eigenvalue weighted by Gasteiger charge is 2.28. The Morgan fingerprint density at radius 3 is 3.00 bits per heavy atom. The number of amides is 1. The standard InChI is InChI=1S/C8H17N3O2/c1-8(13)3-2-4-11(6-8)5-7(12)10-9/h13H,2-6,9H2,1H3,(H,10,12). The summed E-state index contributed by atoms with van der Waals surface area (Å²) < 4.78 is 0. The van der Waals surface area contributed by atoms with Crippen molar-refractivity contribution in [2.24, 2.45) is 5.84 Å². The Morgan fingerprint density at radius 2 is 2.46 bits per heavy atom. The average molecular weight is 187 g/mol. The molecule has 1 atom stereocenters. The Kier molecular flexibility index (Phi) is 3.24. The molecule has 1 amide bonds. The van der Waals surface area contributed by atoms with Gasteiger partial charge in [-0.1, -0.05) is 0 Å². The lowest BCUT2D eigenvalue weighted by Gasteiger charge is -2.36. The molecule has 0 spiro atoms. The van der Waals surface area contributed by atoms with Crippen molar-refractivity contribution in [1.29, 1.82) is 0 Å². The van der Waals surface area contributed by atoms with Crippen LogP contribution in [0.5, 0.6) is 0 Å². The molecule has 5 nitrogen and oxygen atoms in total. The van der Waals surface area contributed by atoms with Gasteiger partial charge in [0.2, 0.25) is 5.91 Å². The van der Waals surface area contributed by atoms with E-state index in [0.717, 1.165) is 19.4 Å². The lowest BCUT2D eigenvalue weighted by atomic mass is 9.95. The molecule has 0 aliphatic carbocycles. The second-order valence-corrected chi connectivity index (χ2v) is 3.88. The van der Waals surface area contributed by atoms with Crippen LogP contribution < -0.4 is 11.3 Å². The molecule has 0 aromatic heterocycles. The summed E-state index contributed by atoms with van der Waals surface area (Å²) in [6, 6.07) is 0. The predicted octanol–water partition coefficient (Wildman–Crippen LogP) is -1.18. The van der Waals surface area contributed by atoms with Gasteiger partial charge in [-0.05, 0) is 26.3 Å². The molecule has 5 heteroatoms. The van der Waals surface area contributed by atoms with Gasteiger partial charge in [-0.2, -0.15) is 0 Å². The van der Waals surface area contributed by atoms with Crippen LogP contribution in [0, 0.1) is 0 Å². The smallest absolute Gasteiger partial charge is 0.248 e. The summed E-state index contributed by atoms with van der Waals surface area (Å²) in [5, 5.41) is 9.73. The molecule has 76 valence electrons. The zero-order chi connectivity index (χ0) is 9.90. The van der Waals surface area contributed by atoms with Crippen molar-refractivity contribution >= 4 is 5.91 Å². The second-order valence-electron chi connectivity index (χ2n) is 3.88. The van der Waals surface area contributed by atoms with Crippen molar-refractivity contribution in [1.82, 2.24) is 10.3 Å². The van der Waals surface area contributed by atoms with Gasteiger partial charge < -0.3 is 5.11 Å². The van der Waals surface area contributed by atoms with Crippen LogP contribution in [0.4, 0.5) is 0 Å². The Balaban J connectivity index is 2.39. The van der Waals surface area contributed by atoms with Gasteiger partial charge in [0.1, 0.15) is 0 Å². The van der Waals surface area contributed by atoms with Crippen molar-refractivity contribution in [3.8, 4) is 0 Å². The number of β-amino-alcohol motifs (C(OH)–C–C–N with tert-alkyl or cyclic N) is 1. The quantitative estimate of drug-likeness (QED) is 0.289. The van der Waals surface area contributed by atoms with E-state index >= 15 is 0 Å². The number of nitrogens with one attached hydrogen (secondary N) is 1. The number of aliphatic hydroxyl groups is 1. The lowest BCUT2D eigenvalue weighted by Crippen LogP contribution is -2.50. The minimum Gasteiger partial charge on any atom is -0.389 e. The maximum Gasteiger partial charge on any atom is 0.248 e. The number of hydrogen-bond acceptors (Lipinski definition) is 4. The average Bonchev–Trinajstić information content (AvgIpc) is 2.02. The molecule has 13 heavy (non-hydrogen) atoms. The van der Waals surface area contributed by atoms with Gasteiger partial charge in [0.25, 0.3) is 0 Å². The molecule has 1 aliphatic heterocycles. The maximum absolute atomic E-state index is 10.9. The van der Waals surface area contributed by atoms with Gasteiger partial charge in [-0.3, -0.25) is 15.1 Å². The molecule has 4 N–H and O–H groups in total. The molecule has 1 saturated heterocycles. The summed E-state index contributed by atoms with van der Waals surface area (Å²) in [6.07, 6.45) is 1.72. The number of piperidine rings is 1.